The highest BCUT2D eigenvalue weighted by Crippen LogP contribution is 2.20. The first-order chi connectivity index (χ1) is 11.1. The van der Waals surface area contributed by atoms with Crippen LogP contribution in [0, 0.1) is 11.8 Å². The number of nitrogens with two attached hydrogens (primary N) is 1. The van der Waals surface area contributed by atoms with Gasteiger partial charge in [0.1, 0.15) is 5.60 Å². The van der Waals surface area contributed by atoms with Gasteiger partial charge in [-0.05, 0) is 38.7 Å². The monoisotopic (exact) mass is 336 g/mol. The lowest BCUT2D eigenvalue weighted by Crippen LogP contribution is -2.47. The van der Waals surface area contributed by atoms with Gasteiger partial charge in [-0.15, -0.1) is 0 Å². The van der Waals surface area contributed by atoms with Crippen LogP contribution in [0.4, 0.5) is 4.79 Å². The minimum Gasteiger partial charge on any atom is -0.444 e. The maximum atomic E-state index is 11.8. The second kappa shape index (κ2) is 9.04. The van der Waals surface area contributed by atoms with Crippen LogP contribution in [0.25, 0.3) is 0 Å². The molecule has 0 radical (unpaired) electrons. The first kappa shape index (κ1) is 20.5. The van der Waals surface area contributed by atoms with Crippen molar-refractivity contribution in [3.05, 3.63) is 35.9 Å². The number of nitrogens with one attached hydrogen (secondary N) is 1. The molecule has 3 atom stereocenters. The Balaban J connectivity index is 2.70. The van der Waals surface area contributed by atoms with E-state index in [2.05, 4.69) is 5.32 Å². The molecule has 4 N–H and O–H groups in total. The Labute approximate surface area is 145 Å². The van der Waals surface area contributed by atoms with Crippen LogP contribution in [0.1, 0.15) is 40.2 Å². The van der Waals surface area contributed by atoms with Crippen molar-refractivity contribution in [2.75, 3.05) is 6.54 Å². The largest absolute Gasteiger partial charge is 0.444 e. The van der Waals surface area contributed by atoms with Crippen molar-refractivity contribution in [2.24, 2.45) is 17.6 Å². The Bertz CT molecular complexity index is 497. The van der Waals surface area contributed by atoms with Gasteiger partial charge in [0.05, 0.1) is 6.10 Å². The SMILES string of the molecule is CC(C)C(N)C(Cc1ccccc1)C(O)CNC(=O)OC(C)(C)C. The van der Waals surface area contributed by atoms with Gasteiger partial charge >= 0.3 is 6.09 Å². The van der Waals surface area contributed by atoms with Gasteiger partial charge in [0.25, 0.3) is 0 Å². The molecular weight excluding hydrogens is 304 g/mol. The van der Waals surface area contributed by atoms with E-state index in [0.717, 1.165) is 5.56 Å². The molecular formula is C19H32N2O3. The molecule has 1 aromatic rings. The predicted octanol–water partition coefficient (Wildman–Crippen LogP) is 2.71. The standard InChI is InChI=1S/C19H32N2O3/c1-13(2)17(20)15(11-14-9-7-6-8-10-14)16(22)12-21-18(23)24-19(3,4)5/h6-10,13,15-17,22H,11-12,20H2,1-5H3,(H,21,23). The Morgan fingerprint density at radius 1 is 1.25 bits per heavy atom. The zero-order valence-corrected chi connectivity index (χ0v) is 15.5. The van der Waals surface area contributed by atoms with Crippen LogP contribution >= 0.6 is 0 Å². The molecule has 0 saturated carbocycles. The average Bonchev–Trinajstić information content (AvgIpc) is 2.49. The summed E-state index contributed by atoms with van der Waals surface area (Å²) in [5, 5.41) is 13.2. The van der Waals surface area contributed by atoms with Gasteiger partial charge in [-0.3, -0.25) is 0 Å². The molecule has 0 heterocycles. The summed E-state index contributed by atoms with van der Waals surface area (Å²) in [5.74, 6) is 0.0808. The second-order valence-electron chi connectivity index (χ2n) is 7.63. The van der Waals surface area contributed by atoms with E-state index in [1.807, 2.05) is 44.2 Å². The van der Waals surface area contributed by atoms with Crippen molar-refractivity contribution >= 4 is 6.09 Å². The zero-order chi connectivity index (χ0) is 18.3. The van der Waals surface area contributed by atoms with Crippen molar-refractivity contribution in [1.82, 2.24) is 5.32 Å². The number of rotatable bonds is 7. The Morgan fingerprint density at radius 3 is 2.33 bits per heavy atom. The normalized spacial score (nSPS) is 15.7. The maximum Gasteiger partial charge on any atom is 0.407 e. The summed E-state index contributed by atoms with van der Waals surface area (Å²) in [6.07, 6.45) is -0.606. The Morgan fingerprint density at radius 2 is 1.83 bits per heavy atom. The second-order valence-corrected chi connectivity index (χ2v) is 7.63. The zero-order valence-electron chi connectivity index (χ0n) is 15.5. The number of alkyl carbamates (subject to hydrolysis) is 1. The van der Waals surface area contributed by atoms with Crippen molar-refractivity contribution in [2.45, 2.75) is 58.8 Å². The van der Waals surface area contributed by atoms with Crippen LogP contribution in [-0.4, -0.2) is 35.5 Å². The predicted molar refractivity (Wildman–Crippen MR) is 96.7 cm³/mol. The highest BCUT2D eigenvalue weighted by atomic mass is 16.6. The summed E-state index contributed by atoms with van der Waals surface area (Å²) in [6.45, 7) is 9.60. The maximum absolute atomic E-state index is 11.8. The van der Waals surface area contributed by atoms with Crippen molar-refractivity contribution in [3.63, 3.8) is 0 Å². The van der Waals surface area contributed by atoms with Crippen molar-refractivity contribution in [3.8, 4) is 0 Å². The van der Waals surface area contributed by atoms with Gasteiger partial charge in [0, 0.05) is 18.5 Å². The lowest BCUT2D eigenvalue weighted by molar-refractivity contribution is 0.0420. The molecule has 0 aliphatic heterocycles. The van der Waals surface area contributed by atoms with Gasteiger partial charge in [-0.1, -0.05) is 44.2 Å². The highest BCUT2D eigenvalue weighted by Gasteiger charge is 2.29. The van der Waals surface area contributed by atoms with Crippen LogP contribution in [0.15, 0.2) is 30.3 Å². The van der Waals surface area contributed by atoms with E-state index in [0.29, 0.717) is 6.42 Å². The van der Waals surface area contributed by atoms with Crippen molar-refractivity contribution < 1.29 is 14.6 Å². The highest BCUT2D eigenvalue weighted by molar-refractivity contribution is 5.67. The molecule has 0 bridgehead atoms. The number of amides is 1. The minimum atomic E-state index is -0.741. The van der Waals surface area contributed by atoms with E-state index in [-0.39, 0.29) is 24.4 Å². The summed E-state index contributed by atoms with van der Waals surface area (Å²) in [7, 11) is 0. The van der Waals surface area contributed by atoms with Gasteiger partial charge in [-0.25, -0.2) is 4.79 Å². The third-order valence-corrected chi connectivity index (χ3v) is 3.93. The van der Waals surface area contributed by atoms with Gasteiger partial charge in [0.2, 0.25) is 0 Å². The Kier molecular flexibility index (Phi) is 7.70. The molecule has 24 heavy (non-hydrogen) atoms. The molecule has 0 aromatic heterocycles. The fraction of sp³-hybridized carbons (Fsp3) is 0.632. The van der Waals surface area contributed by atoms with Crippen LogP contribution in [-0.2, 0) is 11.2 Å². The first-order valence-electron chi connectivity index (χ1n) is 8.54. The minimum absolute atomic E-state index is 0.118. The summed E-state index contributed by atoms with van der Waals surface area (Å²) in [6, 6.07) is 9.78. The first-order valence-corrected chi connectivity index (χ1v) is 8.54. The van der Waals surface area contributed by atoms with Crippen LogP contribution in [0.2, 0.25) is 0 Å². The number of carbonyl (C=O) groups is 1. The van der Waals surface area contributed by atoms with Gasteiger partial charge < -0.3 is 20.9 Å². The average molecular weight is 336 g/mol. The number of ether oxygens (including phenoxy) is 1. The molecule has 0 saturated heterocycles. The molecule has 0 aliphatic carbocycles. The molecule has 5 nitrogen and oxygen atoms in total. The topological polar surface area (TPSA) is 84.6 Å². The number of aliphatic hydroxyl groups is 1. The fourth-order valence-electron chi connectivity index (χ4n) is 2.56. The van der Waals surface area contributed by atoms with E-state index in [4.69, 9.17) is 10.5 Å². The number of aliphatic hydroxyl groups excluding tert-OH is 1. The molecule has 0 fully saturated rings. The number of benzene rings is 1. The molecule has 1 aromatic carbocycles. The van der Waals surface area contributed by atoms with Crippen LogP contribution in [0.5, 0.6) is 0 Å². The third kappa shape index (κ3) is 7.32. The Hall–Kier alpha value is -1.59. The molecule has 1 amide bonds. The smallest absolute Gasteiger partial charge is 0.407 e. The van der Waals surface area contributed by atoms with E-state index in [1.165, 1.54) is 0 Å². The van der Waals surface area contributed by atoms with Gasteiger partial charge in [-0.2, -0.15) is 0 Å². The number of hydrogen-bond acceptors (Lipinski definition) is 4. The summed E-state index contributed by atoms with van der Waals surface area (Å²) >= 11 is 0. The molecule has 0 aliphatic rings. The summed E-state index contributed by atoms with van der Waals surface area (Å²) in [5.41, 5.74) is 6.87. The molecule has 136 valence electrons. The number of carbonyl (C=O) groups excluding carboxylic acids is 1. The molecule has 1 rings (SSSR count). The van der Waals surface area contributed by atoms with E-state index in [9.17, 15) is 9.90 Å². The van der Waals surface area contributed by atoms with Crippen molar-refractivity contribution in [1.29, 1.82) is 0 Å². The van der Waals surface area contributed by atoms with E-state index in [1.54, 1.807) is 20.8 Å². The number of hydrogen-bond donors (Lipinski definition) is 3. The molecule has 5 heteroatoms. The molecule has 3 unspecified atom stereocenters. The summed E-state index contributed by atoms with van der Waals surface area (Å²) in [4.78, 5) is 11.8. The molecule has 0 spiro atoms. The summed E-state index contributed by atoms with van der Waals surface area (Å²) < 4.78 is 5.20. The van der Waals surface area contributed by atoms with Crippen LogP contribution < -0.4 is 11.1 Å². The van der Waals surface area contributed by atoms with E-state index >= 15 is 0 Å². The fourth-order valence-corrected chi connectivity index (χ4v) is 2.56. The van der Waals surface area contributed by atoms with E-state index < -0.39 is 17.8 Å². The lowest BCUT2D eigenvalue weighted by Gasteiger charge is -2.31. The quantitative estimate of drug-likeness (QED) is 0.715. The third-order valence-electron chi connectivity index (χ3n) is 3.93. The van der Waals surface area contributed by atoms with Crippen LogP contribution in [0.3, 0.4) is 0 Å². The van der Waals surface area contributed by atoms with Gasteiger partial charge in [0.15, 0.2) is 0 Å². The lowest BCUT2D eigenvalue weighted by atomic mass is 9.82.